The maximum Gasteiger partial charge on any atom is 0.408 e. The van der Waals surface area contributed by atoms with Gasteiger partial charge < -0.3 is 15.8 Å². The zero-order valence-electron chi connectivity index (χ0n) is 10.4. The quantitative estimate of drug-likeness (QED) is 0.673. The number of hydrogen-bond acceptors (Lipinski definition) is 6. The molecule has 0 spiro atoms. The van der Waals surface area contributed by atoms with Gasteiger partial charge in [0.05, 0.1) is 6.42 Å². The maximum absolute atomic E-state index is 11.6. The van der Waals surface area contributed by atoms with Crippen LogP contribution in [0.5, 0.6) is 0 Å². The number of tetrazole rings is 1. The lowest BCUT2D eigenvalue weighted by atomic mass is 10.2. The topological polar surface area (TPSA) is 136 Å². The summed E-state index contributed by atoms with van der Waals surface area (Å²) in [5, 5.41) is 15.4. The average Bonchev–Trinajstić information content (AvgIpc) is 2.64. The van der Waals surface area contributed by atoms with Crippen LogP contribution in [0.3, 0.4) is 0 Å². The van der Waals surface area contributed by atoms with Gasteiger partial charge in [0.2, 0.25) is 5.91 Å². The van der Waals surface area contributed by atoms with E-state index in [4.69, 9.17) is 10.5 Å². The Morgan fingerprint density at radius 1 is 1.50 bits per heavy atom. The number of nitrogens with two attached hydrogens (primary N) is 1. The van der Waals surface area contributed by atoms with Crippen LogP contribution in [0.25, 0.3) is 0 Å². The summed E-state index contributed by atoms with van der Waals surface area (Å²) in [7, 11) is 0. The van der Waals surface area contributed by atoms with E-state index in [-0.39, 0.29) is 12.2 Å². The van der Waals surface area contributed by atoms with Gasteiger partial charge in [0, 0.05) is 0 Å². The highest BCUT2D eigenvalue weighted by atomic mass is 16.6. The molecule has 1 heterocycles. The lowest BCUT2D eigenvalue weighted by Gasteiger charge is -2.21. The van der Waals surface area contributed by atoms with Gasteiger partial charge in [-0.1, -0.05) is 5.21 Å². The fourth-order valence-corrected chi connectivity index (χ4v) is 1.18. The van der Waals surface area contributed by atoms with Gasteiger partial charge in [0.25, 0.3) is 0 Å². The van der Waals surface area contributed by atoms with Crippen LogP contribution >= 0.6 is 0 Å². The summed E-state index contributed by atoms with van der Waals surface area (Å²) in [6, 6.07) is -0.768. The molecule has 1 aromatic heterocycles. The molecule has 0 aliphatic carbocycles. The minimum absolute atomic E-state index is 0.140. The van der Waals surface area contributed by atoms with Crippen LogP contribution < -0.4 is 11.1 Å². The number of carbonyl (C=O) groups excluding carboxylic acids is 2. The van der Waals surface area contributed by atoms with Crippen molar-refractivity contribution >= 4 is 12.0 Å². The van der Waals surface area contributed by atoms with Crippen LogP contribution in [0, 0.1) is 0 Å². The molecule has 4 N–H and O–H groups in total. The second kappa shape index (κ2) is 5.43. The number of hydrogen-bond donors (Lipinski definition) is 3. The molecule has 0 bridgehead atoms. The largest absolute Gasteiger partial charge is 0.444 e. The smallest absolute Gasteiger partial charge is 0.408 e. The number of nitrogens with zero attached hydrogens (tertiary/aromatic N) is 3. The molecule has 0 aliphatic heterocycles. The number of rotatable bonds is 4. The van der Waals surface area contributed by atoms with Gasteiger partial charge in [0.1, 0.15) is 11.6 Å². The molecule has 0 radical (unpaired) electrons. The van der Waals surface area contributed by atoms with E-state index in [0.29, 0.717) is 0 Å². The molecule has 18 heavy (non-hydrogen) atoms. The molecule has 100 valence electrons. The van der Waals surface area contributed by atoms with Gasteiger partial charge in [-0.3, -0.25) is 4.79 Å². The third-order valence-electron chi connectivity index (χ3n) is 1.77. The third kappa shape index (κ3) is 4.76. The first-order chi connectivity index (χ1) is 8.28. The van der Waals surface area contributed by atoms with Crippen molar-refractivity contribution in [3.8, 4) is 0 Å². The number of carbonyl (C=O) groups is 2. The van der Waals surface area contributed by atoms with Gasteiger partial charge in [-0.25, -0.2) is 4.79 Å². The SMILES string of the molecule is CC(C)(C)OC(=O)NC(CC(N)=O)c1nn[nH]n1. The molecule has 0 fully saturated rings. The van der Waals surface area contributed by atoms with Gasteiger partial charge in [-0.15, -0.1) is 10.2 Å². The van der Waals surface area contributed by atoms with E-state index in [1.807, 2.05) is 0 Å². The number of alkyl carbamates (subject to hydrolysis) is 1. The summed E-state index contributed by atoms with van der Waals surface area (Å²) in [5.41, 5.74) is 4.44. The minimum Gasteiger partial charge on any atom is -0.444 e. The van der Waals surface area contributed by atoms with Crippen LogP contribution in [0.1, 0.15) is 39.1 Å². The molecule has 0 saturated carbocycles. The van der Waals surface area contributed by atoms with E-state index in [1.54, 1.807) is 20.8 Å². The maximum atomic E-state index is 11.6. The zero-order chi connectivity index (χ0) is 13.8. The molecule has 1 rings (SSSR count). The molecular weight excluding hydrogens is 240 g/mol. The Balaban J connectivity index is 2.68. The van der Waals surface area contributed by atoms with Gasteiger partial charge >= 0.3 is 6.09 Å². The standard InChI is InChI=1S/C9H16N6O3/c1-9(2,3)18-8(17)11-5(4-6(10)16)7-12-14-15-13-7/h5H,4H2,1-3H3,(H2,10,16)(H,11,17)(H,12,13,14,15). The molecule has 2 amide bonds. The van der Waals surface area contributed by atoms with Crippen molar-refractivity contribution in [2.45, 2.75) is 38.8 Å². The first kappa shape index (κ1) is 13.9. The highest BCUT2D eigenvalue weighted by Crippen LogP contribution is 2.13. The van der Waals surface area contributed by atoms with Crippen molar-refractivity contribution in [3.05, 3.63) is 5.82 Å². The second-order valence-electron chi connectivity index (χ2n) is 4.64. The Morgan fingerprint density at radius 2 is 2.17 bits per heavy atom. The van der Waals surface area contributed by atoms with Crippen molar-refractivity contribution in [1.82, 2.24) is 25.9 Å². The predicted molar refractivity (Wildman–Crippen MR) is 60.1 cm³/mol. The first-order valence-corrected chi connectivity index (χ1v) is 5.29. The first-order valence-electron chi connectivity index (χ1n) is 5.29. The lowest BCUT2D eigenvalue weighted by Crippen LogP contribution is -2.37. The number of H-pyrrole nitrogens is 1. The van der Waals surface area contributed by atoms with E-state index < -0.39 is 23.6 Å². The van der Waals surface area contributed by atoms with Crippen LogP contribution in [0.4, 0.5) is 4.79 Å². The van der Waals surface area contributed by atoms with E-state index in [9.17, 15) is 9.59 Å². The van der Waals surface area contributed by atoms with Crippen LogP contribution in [-0.2, 0) is 9.53 Å². The van der Waals surface area contributed by atoms with Crippen molar-refractivity contribution in [3.63, 3.8) is 0 Å². The monoisotopic (exact) mass is 256 g/mol. The fraction of sp³-hybridized carbons (Fsp3) is 0.667. The molecule has 1 atom stereocenters. The third-order valence-corrected chi connectivity index (χ3v) is 1.77. The molecule has 1 unspecified atom stereocenters. The van der Waals surface area contributed by atoms with Crippen LogP contribution in [0.15, 0.2) is 0 Å². The minimum atomic E-state index is -0.768. The summed E-state index contributed by atoms with van der Waals surface area (Å²) in [5.74, 6) is -0.430. The number of primary amides is 1. The zero-order valence-corrected chi connectivity index (χ0v) is 10.4. The van der Waals surface area contributed by atoms with Crippen molar-refractivity contribution < 1.29 is 14.3 Å². The number of amides is 2. The van der Waals surface area contributed by atoms with Crippen molar-refractivity contribution in [2.75, 3.05) is 0 Å². The summed E-state index contributed by atoms with van der Waals surface area (Å²) in [4.78, 5) is 22.5. The molecule has 0 aromatic carbocycles. The van der Waals surface area contributed by atoms with Crippen molar-refractivity contribution in [1.29, 1.82) is 0 Å². The van der Waals surface area contributed by atoms with Crippen LogP contribution in [-0.4, -0.2) is 38.2 Å². The Kier molecular flexibility index (Phi) is 4.18. The predicted octanol–water partition coefficient (Wildman–Crippen LogP) is -0.359. The number of aromatic amines is 1. The van der Waals surface area contributed by atoms with Gasteiger partial charge in [-0.05, 0) is 20.8 Å². The van der Waals surface area contributed by atoms with Crippen LogP contribution in [0.2, 0.25) is 0 Å². The highest BCUT2D eigenvalue weighted by Gasteiger charge is 2.24. The molecule has 1 aromatic rings. The van der Waals surface area contributed by atoms with E-state index in [2.05, 4.69) is 25.9 Å². The summed E-state index contributed by atoms with van der Waals surface area (Å²) >= 11 is 0. The Labute approximate surface area is 103 Å². The second-order valence-corrected chi connectivity index (χ2v) is 4.64. The van der Waals surface area contributed by atoms with E-state index in [1.165, 1.54) is 0 Å². The number of nitrogens with one attached hydrogen (secondary N) is 2. The lowest BCUT2D eigenvalue weighted by molar-refractivity contribution is -0.118. The fourth-order valence-electron chi connectivity index (χ4n) is 1.18. The van der Waals surface area contributed by atoms with Crippen molar-refractivity contribution in [2.24, 2.45) is 5.73 Å². The molecule has 9 heteroatoms. The van der Waals surface area contributed by atoms with E-state index in [0.717, 1.165) is 0 Å². The van der Waals surface area contributed by atoms with E-state index >= 15 is 0 Å². The Morgan fingerprint density at radius 3 is 2.61 bits per heavy atom. The molecule has 9 nitrogen and oxygen atoms in total. The Bertz CT molecular complexity index is 410. The number of ether oxygens (including phenoxy) is 1. The van der Waals surface area contributed by atoms with Gasteiger partial charge in [0.15, 0.2) is 5.82 Å². The molecule has 0 aliphatic rings. The highest BCUT2D eigenvalue weighted by molar-refractivity contribution is 5.76. The summed E-state index contributed by atoms with van der Waals surface area (Å²) in [6.07, 6.45) is -0.822. The summed E-state index contributed by atoms with van der Waals surface area (Å²) < 4.78 is 5.06. The summed E-state index contributed by atoms with van der Waals surface area (Å²) in [6.45, 7) is 5.18. The Hall–Kier alpha value is -2.19. The number of aromatic nitrogens is 4. The average molecular weight is 256 g/mol. The van der Waals surface area contributed by atoms with Gasteiger partial charge in [-0.2, -0.15) is 5.21 Å². The molecular formula is C9H16N6O3. The normalized spacial score (nSPS) is 12.8. The molecule has 0 saturated heterocycles.